The average molecular weight is 277 g/mol. The molecule has 110 valence electrons. The molecule has 1 aliphatic rings. The number of piperazine rings is 1. The van der Waals surface area contributed by atoms with E-state index in [0.29, 0.717) is 31.1 Å². The summed E-state index contributed by atoms with van der Waals surface area (Å²) in [5.41, 5.74) is 7.41. The number of rotatable bonds is 5. The molecule has 0 amide bonds. The van der Waals surface area contributed by atoms with Gasteiger partial charge in [0.25, 0.3) is 0 Å². The molecule has 0 atom stereocenters. The molecular formula is C14H23N5O. The maximum Gasteiger partial charge on any atom is 0.133 e. The Balaban J connectivity index is 2.22. The van der Waals surface area contributed by atoms with E-state index in [2.05, 4.69) is 22.9 Å². The van der Waals surface area contributed by atoms with E-state index in [1.165, 1.54) is 0 Å². The standard InChI is InChI=1S/C14H23N5O/c1-3-20-9-8-19-12(11-15)10-13(16)14(19)18-6-4-17(2)5-7-18/h10H,3-9,16H2,1-2H3. The Hall–Kier alpha value is -1.71. The number of nitrogens with zero attached hydrogens (tertiary/aromatic N) is 4. The summed E-state index contributed by atoms with van der Waals surface area (Å²) in [5, 5.41) is 9.26. The first-order chi connectivity index (χ1) is 9.67. The van der Waals surface area contributed by atoms with Crippen molar-refractivity contribution in [3.63, 3.8) is 0 Å². The second-order valence-corrected chi connectivity index (χ2v) is 5.06. The lowest BCUT2D eigenvalue weighted by atomic mass is 10.3. The van der Waals surface area contributed by atoms with E-state index in [4.69, 9.17) is 10.5 Å². The summed E-state index contributed by atoms with van der Waals surface area (Å²) in [6, 6.07) is 3.99. The van der Waals surface area contributed by atoms with Crippen LogP contribution in [0.2, 0.25) is 0 Å². The van der Waals surface area contributed by atoms with E-state index in [9.17, 15) is 5.26 Å². The lowest BCUT2D eigenvalue weighted by Gasteiger charge is -2.34. The molecule has 0 aromatic carbocycles. The van der Waals surface area contributed by atoms with E-state index in [1.807, 2.05) is 11.5 Å². The van der Waals surface area contributed by atoms with Gasteiger partial charge in [0.2, 0.25) is 0 Å². The first-order valence-electron chi connectivity index (χ1n) is 7.07. The van der Waals surface area contributed by atoms with Crippen molar-refractivity contribution in [2.45, 2.75) is 13.5 Å². The molecule has 0 unspecified atom stereocenters. The molecule has 2 rings (SSSR count). The minimum absolute atomic E-state index is 0.597. The zero-order chi connectivity index (χ0) is 14.5. The second-order valence-electron chi connectivity index (χ2n) is 5.06. The predicted molar refractivity (Wildman–Crippen MR) is 79.8 cm³/mol. The minimum Gasteiger partial charge on any atom is -0.396 e. The van der Waals surface area contributed by atoms with Gasteiger partial charge in [0.05, 0.1) is 12.3 Å². The van der Waals surface area contributed by atoms with Gasteiger partial charge >= 0.3 is 0 Å². The quantitative estimate of drug-likeness (QED) is 0.803. The monoisotopic (exact) mass is 277 g/mol. The first kappa shape index (κ1) is 14.7. The van der Waals surface area contributed by atoms with Crippen molar-refractivity contribution in [2.75, 3.05) is 57.1 Å². The summed E-state index contributed by atoms with van der Waals surface area (Å²) in [6.45, 7) is 7.80. The molecule has 2 N–H and O–H groups in total. The van der Waals surface area contributed by atoms with Gasteiger partial charge in [0.1, 0.15) is 17.6 Å². The maximum absolute atomic E-state index is 9.26. The topological polar surface area (TPSA) is 70.4 Å². The van der Waals surface area contributed by atoms with E-state index in [1.54, 1.807) is 6.07 Å². The normalized spacial score (nSPS) is 16.4. The van der Waals surface area contributed by atoms with Crippen LogP contribution in [0.3, 0.4) is 0 Å². The van der Waals surface area contributed by atoms with Crippen molar-refractivity contribution in [1.29, 1.82) is 5.26 Å². The third-order valence-corrected chi connectivity index (χ3v) is 3.68. The highest BCUT2D eigenvalue weighted by Gasteiger charge is 2.22. The highest BCUT2D eigenvalue weighted by molar-refractivity contribution is 5.68. The van der Waals surface area contributed by atoms with Crippen LogP contribution in [0.25, 0.3) is 0 Å². The number of hydrogen-bond donors (Lipinski definition) is 1. The van der Waals surface area contributed by atoms with Gasteiger partial charge in [-0.3, -0.25) is 0 Å². The van der Waals surface area contributed by atoms with E-state index >= 15 is 0 Å². The van der Waals surface area contributed by atoms with Gasteiger partial charge in [-0.2, -0.15) is 5.26 Å². The largest absolute Gasteiger partial charge is 0.396 e. The number of ether oxygens (including phenoxy) is 1. The summed E-state index contributed by atoms with van der Waals surface area (Å²) in [5.74, 6) is 0.967. The molecular weight excluding hydrogens is 254 g/mol. The number of anilines is 2. The lowest BCUT2D eigenvalue weighted by Crippen LogP contribution is -2.45. The minimum atomic E-state index is 0.597. The van der Waals surface area contributed by atoms with Crippen molar-refractivity contribution >= 4 is 11.5 Å². The molecule has 1 aliphatic heterocycles. The van der Waals surface area contributed by atoms with Crippen LogP contribution in [-0.4, -0.2) is 55.9 Å². The molecule has 1 aromatic heterocycles. The summed E-state index contributed by atoms with van der Waals surface area (Å²) in [4.78, 5) is 4.56. The van der Waals surface area contributed by atoms with Gasteiger partial charge in [0, 0.05) is 39.3 Å². The molecule has 0 saturated carbocycles. The van der Waals surface area contributed by atoms with Gasteiger partial charge in [0.15, 0.2) is 0 Å². The fraction of sp³-hybridized carbons (Fsp3) is 0.643. The van der Waals surface area contributed by atoms with E-state index in [0.717, 1.165) is 32.0 Å². The number of hydrogen-bond acceptors (Lipinski definition) is 5. The maximum atomic E-state index is 9.26. The Morgan fingerprint density at radius 1 is 1.35 bits per heavy atom. The lowest BCUT2D eigenvalue weighted by molar-refractivity contribution is 0.139. The van der Waals surface area contributed by atoms with Crippen LogP contribution in [-0.2, 0) is 11.3 Å². The molecule has 1 fully saturated rings. The second kappa shape index (κ2) is 6.64. The molecule has 1 aromatic rings. The molecule has 6 nitrogen and oxygen atoms in total. The predicted octanol–water partition coefficient (Wildman–Crippen LogP) is 0.730. The fourth-order valence-electron chi connectivity index (χ4n) is 2.55. The highest BCUT2D eigenvalue weighted by Crippen LogP contribution is 2.28. The van der Waals surface area contributed by atoms with Gasteiger partial charge in [-0.25, -0.2) is 0 Å². The summed E-state index contributed by atoms with van der Waals surface area (Å²) in [6.07, 6.45) is 0. The van der Waals surface area contributed by atoms with E-state index < -0.39 is 0 Å². The van der Waals surface area contributed by atoms with Gasteiger partial charge in [-0.05, 0) is 20.0 Å². The Bertz CT molecular complexity index is 482. The number of nitriles is 1. The zero-order valence-corrected chi connectivity index (χ0v) is 12.3. The number of nitrogens with two attached hydrogens (primary N) is 1. The van der Waals surface area contributed by atoms with Crippen molar-refractivity contribution in [2.24, 2.45) is 0 Å². The van der Waals surface area contributed by atoms with Crippen LogP contribution in [0.4, 0.5) is 11.5 Å². The molecule has 1 saturated heterocycles. The highest BCUT2D eigenvalue weighted by atomic mass is 16.5. The molecule has 2 heterocycles. The zero-order valence-electron chi connectivity index (χ0n) is 12.3. The SMILES string of the molecule is CCOCCn1c(C#N)cc(N)c1N1CCN(C)CC1. The van der Waals surface area contributed by atoms with Crippen LogP contribution >= 0.6 is 0 Å². The average Bonchev–Trinajstić information content (AvgIpc) is 2.76. The molecule has 0 radical (unpaired) electrons. The summed E-state index contributed by atoms with van der Waals surface area (Å²) in [7, 11) is 2.12. The summed E-state index contributed by atoms with van der Waals surface area (Å²) >= 11 is 0. The van der Waals surface area contributed by atoms with Gasteiger partial charge in [-0.1, -0.05) is 0 Å². The first-order valence-corrected chi connectivity index (χ1v) is 7.07. The number of likely N-dealkylation sites (N-methyl/N-ethyl adjacent to an activating group) is 1. The van der Waals surface area contributed by atoms with Crippen LogP contribution in [0.1, 0.15) is 12.6 Å². The van der Waals surface area contributed by atoms with Gasteiger partial charge < -0.3 is 24.8 Å². The molecule has 0 aliphatic carbocycles. The fourth-order valence-corrected chi connectivity index (χ4v) is 2.55. The van der Waals surface area contributed by atoms with Crippen LogP contribution in [0.5, 0.6) is 0 Å². The number of nitrogen functional groups attached to an aromatic ring is 1. The van der Waals surface area contributed by atoms with Crippen LogP contribution < -0.4 is 10.6 Å². The van der Waals surface area contributed by atoms with Crippen molar-refractivity contribution in [3.8, 4) is 6.07 Å². The Kier molecular flexibility index (Phi) is 4.88. The molecule has 0 spiro atoms. The number of aromatic nitrogens is 1. The Morgan fingerprint density at radius 2 is 2.05 bits per heavy atom. The van der Waals surface area contributed by atoms with Crippen LogP contribution in [0.15, 0.2) is 6.07 Å². The molecule has 0 bridgehead atoms. The van der Waals surface area contributed by atoms with Crippen molar-refractivity contribution in [3.05, 3.63) is 11.8 Å². The summed E-state index contributed by atoms with van der Waals surface area (Å²) < 4.78 is 7.39. The Labute approximate surface area is 120 Å². The smallest absolute Gasteiger partial charge is 0.133 e. The Morgan fingerprint density at radius 3 is 2.65 bits per heavy atom. The van der Waals surface area contributed by atoms with E-state index in [-0.39, 0.29) is 0 Å². The van der Waals surface area contributed by atoms with Gasteiger partial charge in [-0.15, -0.1) is 0 Å². The third kappa shape index (κ3) is 3.06. The van der Waals surface area contributed by atoms with Crippen LogP contribution in [0, 0.1) is 11.3 Å². The molecule has 20 heavy (non-hydrogen) atoms. The molecule has 6 heteroatoms. The third-order valence-electron chi connectivity index (χ3n) is 3.68. The van der Waals surface area contributed by atoms with Crippen molar-refractivity contribution < 1.29 is 4.74 Å². The van der Waals surface area contributed by atoms with Crippen molar-refractivity contribution in [1.82, 2.24) is 9.47 Å².